The SMILES string of the molecule is Cc1ccccc1NC(=O)[C@H](C)Sc1nnc2cc(C)c3ccccc3n12. The third-order valence-corrected chi connectivity index (χ3v) is 5.67. The van der Waals surface area contributed by atoms with Gasteiger partial charge in [0.25, 0.3) is 0 Å². The van der Waals surface area contributed by atoms with E-state index in [2.05, 4.69) is 34.6 Å². The molecule has 0 unspecified atom stereocenters. The first kappa shape index (κ1) is 17.5. The summed E-state index contributed by atoms with van der Waals surface area (Å²) < 4.78 is 2.02. The third-order valence-electron chi connectivity index (χ3n) is 4.63. The molecular weight excluding hydrogens is 356 g/mol. The van der Waals surface area contributed by atoms with Crippen LogP contribution in [0.25, 0.3) is 16.6 Å². The molecule has 0 spiro atoms. The molecule has 0 saturated heterocycles. The number of anilines is 1. The van der Waals surface area contributed by atoms with Crippen LogP contribution in [-0.4, -0.2) is 25.8 Å². The molecule has 2 aromatic heterocycles. The average Bonchev–Trinajstić information content (AvgIpc) is 3.06. The van der Waals surface area contributed by atoms with E-state index in [0.717, 1.165) is 33.4 Å². The highest BCUT2D eigenvalue weighted by atomic mass is 32.2. The molecule has 0 saturated carbocycles. The topological polar surface area (TPSA) is 59.3 Å². The van der Waals surface area contributed by atoms with Gasteiger partial charge in [0.2, 0.25) is 5.91 Å². The number of amides is 1. The second-order valence-electron chi connectivity index (χ2n) is 6.58. The maximum Gasteiger partial charge on any atom is 0.237 e. The van der Waals surface area contributed by atoms with Gasteiger partial charge in [-0.1, -0.05) is 48.2 Å². The summed E-state index contributed by atoms with van der Waals surface area (Å²) in [5, 5.41) is 13.2. The summed E-state index contributed by atoms with van der Waals surface area (Å²) in [6.45, 7) is 5.94. The van der Waals surface area contributed by atoms with Crippen molar-refractivity contribution in [3.63, 3.8) is 0 Å². The number of aryl methyl sites for hydroxylation is 2. The number of carbonyl (C=O) groups excluding carboxylic acids is 1. The number of para-hydroxylation sites is 2. The van der Waals surface area contributed by atoms with E-state index >= 15 is 0 Å². The Labute approximate surface area is 161 Å². The number of aromatic nitrogens is 3. The lowest BCUT2D eigenvalue weighted by molar-refractivity contribution is -0.115. The molecule has 5 nitrogen and oxygen atoms in total. The van der Waals surface area contributed by atoms with Crippen molar-refractivity contribution in [2.45, 2.75) is 31.2 Å². The van der Waals surface area contributed by atoms with Gasteiger partial charge in [0.15, 0.2) is 10.8 Å². The van der Waals surface area contributed by atoms with E-state index in [4.69, 9.17) is 0 Å². The lowest BCUT2D eigenvalue weighted by Crippen LogP contribution is -2.23. The zero-order valence-corrected chi connectivity index (χ0v) is 16.2. The Hall–Kier alpha value is -2.86. The van der Waals surface area contributed by atoms with Crippen LogP contribution in [0.4, 0.5) is 5.69 Å². The molecule has 4 aromatic rings. The van der Waals surface area contributed by atoms with Crippen LogP contribution < -0.4 is 5.32 Å². The Bertz CT molecular complexity index is 1150. The second kappa shape index (κ2) is 7.04. The summed E-state index contributed by atoms with van der Waals surface area (Å²) in [6.07, 6.45) is 0. The molecule has 2 aromatic carbocycles. The van der Waals surface area contributed by atoms with Gasteiger partial charge in [-0.25, -0.2) is 0 Å². The maximum absolute atomic E-state index is 12.7. The van der Waals surface area contributed by atoms with Gasteiger partial charge in [-0.3, -0.25) is 9.20 Å². The molecular formula is C21H20N4OS. The number of pyridine rings is 1. The highest BCUT2D eigenvalue weighted by Crippen LogP contribution is 2.28. The molecule has 2 heterocycles. The van der Waals surface area contributed by atoms with Crippen LogP contribution in [0.15, 0.2) is 59.8 Å². The normalized spacial score (nSPS) is 12.4. The first-order chi connectivity index (χ1) is 13.0. The number of hydrogen-bond acceptors (Lipinski definition) is 4. The third kappa shape index (κ3) is 3.28. The number of fused-ring (bicyclic) bond motifs is 3. The molecule has 1 amide bonds. The fraction of sp³-hybridized carbons (Fsp3) is 0.190. The number of nitrogens with zero attached hydrogens (tertiary/aromatic N) is 3. The highest BCUT2D eigenvalue weighted by molar-refractivity contribution is 8.00. The van der Waals surface area contributed by atoms with Gasteiger partial charge in [-0.05, 0) is 50.1 Å². The van der Waals surface area contributed by atoms with Crippen LogP contribution in [0.1, 0.15) is 18.1 Å². The minimum atomic E-state index is -0.308. The lowest BCUT2D eigenvalue weighted by Gasteiger charge is -2.13. The van der Waals surface area contributed by atoms with Crippen LogP contribution in [0.2, 0.25) is 0 Å². The van der Waals surface area contributed by atoms with E-state index < -0.39 is 0 Å². The molecule has 136 valence electrons. The summed E-state index contributed by atoms with van der Waals surface area (Å²) in [4.78, 5) is 12.7. The Morgan fingerprint density at radius 3 is 2.59 bits per heavy atom. The van der Waals surface area contributed by atoms with Crippen molar-refractivity contribution in [1.29, 1.82) is 0 Å². The molecule has 0 radical (unpaired) electrons. The van der Waals surface area contributed by atoms with Crippen molar-refractivity contribution in [3.05, 3.63) is 65.7 Å². The predicted octanol–water partition coefficient (Wildman–Crippen LogP) is 4.62. The Morgan fingerprint density at radius 1 is 1.04 bits per heavy atom. The Kier molecular flexibility index (Phi) is 4.58. The van der Waals surface area contributed by atoms with Crippen LogP contribution in [0, 0.1) is 13.8 Å². The van der Waals surface area contributed by atoms with Gasteiger partial charge in [-0.15, -0.1) is 10.2 Å². The predicted molar refractivity (Wildman–Crippen MR) is 110 cm³/mol. The quantitative estimate of drug-likeness (QED) is 0.528. The van der Waals surface area contributed by atoms with E-state index in [1.807, 2.05) is 60.7 Å². The number of benzene rings is 2. The van der Waals surface area contributed by atoms with E-state index in [1.165, 1.54) is 11.8 Å². The van der Waals surface area contributed by atoms with Crippen molar-refractivity contribution in [2.24, 2.45) is 0 Å². The number of carbonyl (C=O) groups is 1. The molecule has 0 fully saturated rings. The minimum Gasteiger partial charge on any atom is -0.325 e. The largest absolute Gasteiger partial charge is 0.325 e. The molecule has 0 aliphatic rings. The van der Waals surface area contributed by atoms with Gasteiger partial charge < -0.3 is 5.32 Å². The number of rotatable bonds is 4. The van der Waals surface area contributed by atoms with E-state index in [9.17, 15) is 4.79 Å². The molecule has 0 aliphatic carbocycles. The summed E-state index contributed by atoms with van der Waals surface area (Å²) in [5.74, 6) is -0.0533. The summed E-state index contributed by atoms with van der Waals surface area (Å²) in [5.41, 5.74) is 4.87. The van der Waals surface area contributed by atoms with E-state index in [1.54, 1.807) is 0 Å². The fourth-order valence-corrected chi connectivity index (χ4v) is 3.98. The van der Waals surface area contributed by atoms with Crippen molar-refractivity contribution < 1.29 is 4.79 Å². The second-order valence-corrected chi connectivity index (χ2v) is 7.89. The standard InChI is InChI=1S/C21H20N4OS/c1-13-8-4-6-10-17(13)22-20(26)15(3)27-21-24-23-19-12-14(2)16-9-5-7-11-18(16)25(19)21/h4-12,15H,1-3H3,(H,22,26)/t15-/m0/s1. The zero-order valence-electron chi connectivity index (χ0n) is 15.4. The smallest absolute Gasteiger partial charge is 0.237 e. The van der Waals surface area contributed by atoms with Crippen LogP contribution in [0.3, 0.4) is 0 Å². The van der Waals surface area contributed by atoms with Crippen LogP contribution in [-0.2, 0) is 4.79 Å². The fourth-order valence-electron chi connectivity index (χ4n) is 3.11. The van der Waals surface area contributed by atoms with E-state index in [0.29, 0.717) is 5.16 Å². The number of hydrogen-bond donors (Lipinski definition) is 1. The number of thioether (sulfide) groups is 1. The van der Waals surface area contributed by atoms with Gasteiger partial charge in [0, 0.05) is 11.1 Å². The average molecular weight is 376 g/mol. The maximum atomic E-state index is 12.7. The van der Waals surface area contributed by atoms with Crippen molar-refractivity contribution in [1.82, 2.24) is 14.6 Å². The first-order valence-electron chi connectivity index (χ1n) is 8.81. The first-order valence-corrected chi connectivity index (χ1v) is 9.69. The molecule has 27 heavy (non-hydrogen) atoms. The Morgan fingerprint density at radius 2 is 1.78 bits per heavy atom. The lowest BCUT2D eigenvalue weighted by atomic mass is 10.1. The zero-order chi connectivity index (χ0) is 19.0. The van der Waals surface area contributed by atoms with Gasteiger partial charge in [-0.2, -0.15) is 0 Å². The van der Waals surface area contributed by atoms with Gasteiger partial charge in [0.1, 0.15) is 0 Å². The minimum absolute atomic E-state index is 0.0533. The van der Waals surface area contributed by atoms with Crippen molar-refractivity contribution in [3.8, 4) is 0 Å². The van der Waals surface area contributed by atoms with Crippen molar-refractivity contribution in [2.75, 3.05) is 5.32 Å². The van der Waals surface area contributed by atoms with Gasteiger partial charge in [0.05, 0.1) is 10.8 Å². The molecule has 0 bridgehead atoms. The molecule has 4 rings (SSSR count). The van der Waals surface area contributed by atoms with Crippen LogP contribution >= 0.6 is 11.8 Å². The van der Waals surface area contributed by atoms with Crippen LogP contribution in [0.5, 0.6) is 0 Å². The van der Waals surface area contributed by atoms with Gasteiger partial charge >= 0.3 is 0 Å². The monoisotopic (exact) mass is 376 g/mol. The molecule has 6 heteroatoms. The summed E-state index contributed by atoms with van der Waals surface area (Å²) in [6, 6.07) is 18.0. The van der Waals surface area contributed by atoms with Crippen molar-refractivity contribution >= 4 is 39.9 Å². The molecule has 1 N–H and O–H groups in total. The summed E-state index contributed by atoms with van der Waals surface area (Å²) >= 11 is 1.41. The molecule has 0 aliphatic heterocycles. The summed E-state index contributed by atoms with van der Waals surface area (Å²) in [7, 11) is 0. The molecule has 1 atom stereocenters. The Balaban J connectivity index is 1.64. The van der Waals surface area contributed by atoms with E-state index in [-0.39, 0.29) is 11.2 Å². The highest BCUT2D eigenvalue weighted by Gasteiger charge is 2.19. The number of nitrogens with one attached hydrogen (secondary N) is 1.